The first-order chi connectivity index (χ1) is 13.1. The Morgan fingerprint density at radius 2 is 1.78 bits per heavy atom. The fourth-order valence-corrected chi connectivity index (χ4v) is 2.70. The Morgan fingerprint density at radius 3 is 2.41 bits per heavy atom. The van der Waals surface area contributed by atoms with Gasteiger partial charge in [0.25, 0.3) is 5.91 Å². The van der Waals surface area contributed by atoms with Gasteiger partial charge >= 0.3 is 0 Å². The Bertz CT molecular complexity index is 875. The Hall–Kier alpha value is -3.15. The van der Waals surface area contributed by atoms with Gasteiger partial charge in [0.1, 0.15) is 5.75 Å². The molecule has 0 fully saturated rings. The van der Waals surface area contributed by atoms with Crippen LogP contribution in [0.25, 0.3) is 11.1 Å². The molecule has 1 amide bonds. The SMILES string of the molecule is CCc1noc(CN(C)C(=O)C(C)Oc2ccc(-c3ccccc3)cc2)n1. The Morgan fingerprint density at radius 1 is 1.11 bits per heavy atom. The van der Waals surface area contributed by atoms with Gasteiger partial charge in [0.2, 0.25) is 5.89 Å². The third kappa shape index (κ3) is 4.73. The van der Waals surface area contributed by atoms with Crippen LogP contribution in [0, 0.1) is 0 Å². The van der Waals surface area contributed by atoms with Crippen molar-refractivity contribution >= 4 is 5.91 Å². The van der Waals surface area contributed by atoms with Crippen LogP contribution in [0.2, 0.25) is 0 Å². The lowest BCUT2D eigenvalue weighted by Gasteiger charge is -2.20. The van der Waals surface area contributed by atoms with Crippen molar-refractivity contribution in [2.24, 2.45) is 0 Å². The lowest BCUT2D eigenvalue weighted by molar-refractivity contribution is -0.137. The van der Waals surface area contributed by atoms with E-state index in [2.05, 4.69) is 22.3 Å². The topological polar surface area (TPSA) is 68.5 Å². The highest BCUT2D eigenvalue weighted by atomic mass is 16.5. The summed E-state index contributed by atoms with van der Waals surface area (Å²) in [6.07, 6.45) is 0.0748. The van der Waals surface area contributed by atoms with E-state index in [4.69, 9.17) is 9.26 Å². The minimum absolute atomic E-state index is 0.154. The van der Waals surface area contributed by atoms with E-state index in [-0.39, 0.29) is 12.5 Å². The van der Waals surface area contributed by atoms with Gasteiger partial charge in [0.05, 0.1) is 6.54 Å². The van der Waals surface area contributed by atoms with Crippen molar-refractivity contribution in [2.45, 2.75) is 32.9 Å². The molecular weight excluding hydrogens is 342 g/mol. The number of hydrogen-bond acceptors (Lipinski definition) is 5. The van der Waals surface area contributed by atoms with Gasteiger partial charge in [0, 0.05) is 13.5 Å². The third-order valence-electron chi connectivity index (χ3n) is 4.20. The number of likely N-dealkylation sites (N-methyl/N-ethyl adjacent to an activating group) is 1. The molecule has 140 valence electrons. The molecule has 0 saturated heterocycles. The molecule has 0 aliphatic heterocycles. The summed E-state index contributed by atoms with van der Waals surface area (Å²) in [5.41, 5.74) is 2.24. The number of aryl methyl sites for hydroxylation is 1. The van der Waals surface area contributed by atoms with Crippen molar-refractivity contribution < 1.29 is 14.1 Å². The molecule has 1 unspecified atom stereocenters. The Kier molecular flexibility index (Phi) is 5.86. The fourth-order valence-electron chi connectivity index (χ4n) is 2.70. The lowest BCUT2D eigenvalue weighted by Crippen LogP contribution is -2.37. The average Bonchev–Trinajstić information content (AvgIpc) is 3.16. The van der Waals surface area contributed by atoms with E-state index in [9.17, 15) is 4.79 Å². The zero-order chi connectivity index (χ0) is 19.2. The second-order valence-electron chi connectivity index (χ2n) is 6.30. The number of rotatable bonds is 7. The van der Waals surface area contributed by atoms with Gasteiger partial charge in [0.15, 0.2) is 11.9 Å². The van der Waals surface area contributed by atoms with Crippen LogP contribution in [0.4, 0.5) is 0 Å². The van der Waals surface area contributed by atoms with Crippen LogP contribution in [0.3, 0.4) is 0 Å². The molecule has 1 aromatic heterocycles. The van der Waals surface area contributed by atoms with E-state index in [1.807, 2.05) is 49.4 Å². The third-order valence-corrected chi connectivity index (χ3v) is 4.20. The molecule has 0 radical (unpaired) electrons. The molecule has 2 aromatic carbocycles. The zero-order valence-electron chi connectivity index (χ0n) is 15.8. The Labute approximate surface area is 158 Å². The average molecular weight is 365 g/mol. The number of carbonyl (C=O) groups is 1. The van der Waals surface area contributed by atoms with E-state index < -0.39 is 6.10 Å². The number of benzene rings is 2. The van der Waals surface area contributed by atoms with Gasteiger partial charge < -0.3 is 14.2 Å². The largest absolute Gasteiger partial charge is 0.481 e. The molecule has 1 atom stereocenters. The molecule has 3 aromatic rings. The Balaban J connectivity index is 1.58. The van der Waals surface area contributed by atoms with Crippen LogP contribution >= 0.6 is 0 Å². The number of ether oxygens (including phenoxy) is 1. The summed E-state index contributed by atoms with van der Waals surface area (Å²) in [4.78, 5) is 18.3. The zero-order valence-corrected chi connectivity index (χ0v) is 15.8. The highest BCUT2D eigenvalue weighted by Gasteiger charge is 2.21. The maximum Gasteiger partial charge on any atom is 0.263 e. The molecule has 27 heavy (non-hydrogen) atoms. The van der Waals surface area contributed by atoms with Crippen LogP contribution < -0.4 is 4.74 Å². The van der Waals surface area contributed by atoms with Crippen LogP contribution in [0.15, 0.2) is 59.1 Å². The van der Waals surface area contributed by atoms with Gasteiger partial charge in [-0.25, -0.2) is 0 Å². The number of aromatic nitrogens is 2. The van der Waals surface area contributed by atoms with E-state index >= 15 is 0 Å². The number of nitrogens with zero attached hydrogens (tertiary/aromatic N) is 3. The van der Waals surface area contributed by atoms with E-state index in [1.165, 1.54) is 4.90 Å². The molecule has 6 heteroatoms. The van der Waals surface area contributed by atoms with Crippen molar-refractivity contribution in [3.05, 3.63) is 66.3 Å². The molecule has 0 spiro atoms. The van der Waals surface area contributed by atoms with Gasteiger partial charge in [-0.05, 0) is 30.2 Å². The number of carbonyl (C=O) groups excluding carboxylic acids is 1. The molecule has 0 N–H and O–H groups in total. The molecule has 1 heterocycles. The fraction of sp³-hybridized carbons (Fsp3) is 0.286. The summed E-state index contributed by atoms with van der Waals surface area (Å²) in [5.74, 6) is 1.55. The first kappa shape index (κ1) is 18.6. The molecular formula is C21H23N3O3. The van der Waals surface area contributed by atoms with Gasteiger partial charge in [-0.15, -0.1) is 0 Å². The highest BCUT2D eigenvalue weighted by Crippen LogP contribution is 2.22. The first-order valence-corrected chi connectivity index (χ1v) is 8.95. The summed E-state index contributed by atoms with van der Waals surface area (Å²) in [6.45, 7) is 3.93. The van der Waals surface area contributed by atoms with Gasteiger partial charge in [-0.3, -0.25) is 4.79 Å². The summed E-state index contributed by atoms with van der Waals surface area (Å²) >= 11 is 0. The van der Waals surface area contributed by atoms with Crippen LogP contribution in [0.5, 0.6) is 5.75 Å². The monoisotopic (exact) mass is 365 g/mol. The highest BCUT2D eigenvalue weighted by molar-refractivity contribution is 5.80. The molecule has 0 bridgehead atoms. The maximum absolute atomic E-state index is 12.5. The first-order valence-electron chi connectivity index (χ1n) is 8.95. The van der Waals surface area contributed by atoms with E-state index in [0.717, 1.165) is 11.1 Å². The van der Waals surface area contributed by atoms with Crippen molar-refractivity contribution in [3.8, 4) is 16.9 Å². The van der Waals surface area contributed by atoms with Crippen LogP contribution in [-0.4, -0.2) is 34.1 Å². The second-order valence-corrected chi connectivity index (χ2v) is 6.30. The van der Waals surface area contributed by atoms with Crippen molar-refractivity contribution in [3.63, 3.8) is 0 Å². The maximum atomic E-state index is 12.5. The minimum Gasteiger partial charge on any atom is -0.481 e. The minimum atomic E-state index is -0.619. The lowest BCUT2D eigenvalue weighted by atomic mass is 10.1. The molecule has 3 rings (SSSR count). The normalized spacial score (nSPS) is 11.8. The van der Waals surface area contributed by atoms with E-state index in [1.54, 1.807) is 14.0 Å². The quantitative estimate of drug-likeness (QED) is 0.638. The van der Waals surface area contributed by atoms with Gasteiger partial charge in [-0.1, -0.05) is 54.5 Å². The standard InChI is InChI=1S/C21H23N3O3/c1-4-19-22-20(27-23-19)14-24(3)21(25)15(2)26-18-12-10-17(11-13-18)16-8-6-5-7-9-16/h5-13,15H,4,14H2,1-3H3. The van der Waals surface area contributed by atoms with Crippen molar-refractivity contribution in [1.29, 1.82) is 0 Å². The predicted octanol–water partition coefficient (Wildman–Crippen LogP) is 3.72. The smallest absolute Gasteiger partial charge is 0.263 e. The van der Waals surface area contributed by atoms with Crippen molar-refractivity contribution in [2.75, 3.05) is 7.05 Å². The molecule has 0 aliphatic rings. The molecule has 0 saturated carbocycles. The molecule has 0 aliphatic carbocycles. The van der Waals surface area contributed by atoms with Crippen LogP contribution in [-0.2, 0) is 17.8 Å². The van der Waals surface area contributed by atoms with Crippen molar-refractivity contribution in [1.82, 2.24) is 15.0 Å². The summed E-state index contributed by atoms with van der Waals surface area (Å²) < 4.78 is 10.9. The number of amides is 1. The number of hydrogen-bond donors (Lipinski definition) is 0. The molecule has 6 nitrogen and oxygen atoms in total. The van der Waals surface area contributed by atoms with Crippen LogP contribution in [0.1, 0.15) is 25.6 Å². The summed E-state index contributed by atoms with van der Waals surface area (Å²) in [6, 6.07) is 17.8. The second kappa shape index (κ2) is 8.49. The summed E-state index contributed by atoms with van der Waals surface area (Å²) in [5, 5.41) is 3.84. The predicted molar refractivity (Wildman–Crippen MR) is 102 cm³/mol. The van der Waals surface area contributed by atoms with E-state index in [0.29, 0.717) is 23.9 Å². The van der Waals surface area contributed by atoms with Gasteiger partial charge in [-0.2, -0.15) is 4.98 Å². The summed E-state index contributed by atoms with van der Waals surface area (Å²) in [7, 11) is 1.69.